The molecule has 0 bridgehead atoms. The molecule has 87 valence electrons. The molecule has 0 heterocycles. The third-order valence-electron chi connectivity index (χ3n) is 3.04. The average Bonchev–Trinajstić information content (AvgIpc) is 2.26. The zero-order valence-electron chi connectivity index (χ0n) is 9.58. The molecule has 0 amide bonds. The van der Waals surface area contributed by atoms with Gasteiger partial charge in [-0.1, -0.05) is 0 Å². The fraction of sp³-hybridized carbons (Fsp3) is 1.00. The molecule has 0 saturated carbocycles. The third kappa shape index (κ3) is 2.19. The summed E-state index contributed by atoms with van der Waals surface area (Å²) in [5.41, 5.74) is 11.6. The molecule has 14 heavy (non-hydrogen) atoms. The summed E-state index contributed by atoms with van der Waals surface area (Å²) in [4.78, 5) is 0. The Morgan fingerprint density at radius 2 is 1.57 bits per heavy atom. The van der Waals surface area contributed by atoms with Crippen molar-refractivity contribution in [2.45, 2.75) is 22.4 Å². The van der Waals surface area contributed by atoms with E-state index in [0.29, 0.717) is 11.3 Å². The number of hydrogen-bond acceptors (Lipinski definition) is 5. The van der Waals surface area contributed by atoms with E-state index in [1.165, 1.54) is 0 Å². The minimum atomic E-state index is -3.94. The monoisotopic (exact) mass is 243 g/mol. The van der Waals surface area contributed by atoms with Crippen molar-refractivity contribution in [3.8, 4) is 0 Å². The van der Waals surface area contributed by atoms with Gasteiger partial charge < -0.3 is 0 Å². The molecule has 0 fully saturated rings. The van der Waals surface area contributed by atoms with E-state index in [4.69, 9.17) is 21.4 Å². The topological polar surface area (TPSA) is 79.7 Å². The summed E-state index contributed by atoms with van der Waals surface area (Å²) in [5, 5.41) is 0. The van der Waals surface area contributed by atoms with Gasteiger partial charge in [0.2, 0.25) is 0 Å². The summed E-state index contributed by atoms with van der Waals surface area (Å²) in [6, 6.07) is 0. The molecule has 0 saturated heterocycles. The molecule has 1 unspecified atom stereocenters. The maximum absolute atomic E-state index is 6.06. The SMILES string of the molecule is CC[CH](N)[Ti]([CH2]CN)([O]C)([O]C)[O]C. The minimum absolute atomic E-state index is 0.199. The van der Waals surface area contributed by atoms with E-state index in [0.717, 1.165) is 6.42 Å². The zero-order valence-corrected chi connectivity index (χ0v) is 11.1. The fourth-order valence-electron chi connectivity index (χ4n) is 1.85. The van der Waals surface area contributed by atoms with E-state index in [-0.39, 0.29) is 4.35 Å². The molecule has 0 aliphatic heterocycles. The van der Waals surface area contributed by atoms with Gasteiger partial charge in [0.25, 0.3) is 0 Å². The Bertz CT molecular complexity index is 165. The van der Waals surface area contributed by atoms with Crippen LogP contribution < -0.4 is 11.5 Å². The summed E-state index contributed by atoms with van der Waals surface area (Å²) in [6.07, 6.45) is 0.757. The first-order valence-electron chi connectivity index (χ1n) is 4.84. The molecule has 6 heteroatoms. The van der Waals surface area contributed by atoms with Crippen LogP contribution >= 0.6 is 0 Å². The predicted octanol–water partition coefficient (Wildman–Crippen LogP) is 0.432. The summed E-state index contributed by atoms with van der Waals surface area (Å²) in [7, 11) is 4.78. The standard InChI is InChI=1S/C3H8N.C2H6N.3CH3O.Ti/c1-2-3-4;1-2-3;3*1-2;/h3H,2,4H2,1H3;1-3H2;3*1H3;/q;;3*-1;+3. The van der Waals surface area contributed by atoms with E-state index in [9.17, 15) is 0 Å². The van der Waals surface area contributed by atoms with Crippen LogP contribution in [0.1, 0.15) is 13.3 Å². The molecule has 0 radical (unpaired) electrons. The molecule has 0 aliphatic carbocycles. The number of rotatable bonds is 7. The van der Waals surface area contributed by atoms with Crippen molar-refractivity contribution in [3.63, 3.8) is 0 Å². The molecule has 0 rings (SSSR count). The Morgan fingerprint density at radius 1 is 1.14 bits per heavy atom. The van der Waals surface area contributed by atoms with Crippen molar-refractivity contribution in [3.05, 3.63) is 0 Å². The molecule has 0 aliphatic rings. The first kappa shape index (κ1) is 14.5. The van der Waals surface area contributed by atoms with E-state index in [1.807, 2.05) is 6.92 Å². The molecule has 0 aromatic carbocycles. The van der Waals surface area contributed by atoms with Crippen molar-refractivity contribution in [1.29, 1.82) is 0 Å². The Labute approximate surface area is 88.4 Å². The second kappa shape index (κ2) is 5.56. The van der Waals surface area contributed by atoms with Crippen LogP contribution in [0.15, 0.2) is 0 Å². The van der Waals surface area contributed by atoms with Gasteiger partial charge in [0.1, 0.15) is 0 Å². The van der Waals surface area contributed by atoms with Gasteiger partial charge >= 0.3 is 88.2 Å². The van der Waals surface area contributed by atoms with E-state index in [1.54, 1.807) is 21.3 Å². The van der Waals surface area contributed by atoms with Gasteiger partial charge in [-0.15, -0.1) is 0 Å². The Morgan fingerprint density at radius 3 is 1.79 bits per heavy atom. The molecule has 0 spiro atoms. The molecule has 4 N–H and O–H groups in total. The predicted molar refractivity (Wildman–Crippen MR) is 53.2 cm³/mol. The van der Waals surface area contributed by atoms with Crippen molar-refractivity contribution in [1.82, 2.24) is 0 Å². The second-order valence-electron chi connectivity index (χ2n) is 3.41. The molecule has 1 atom stereocenters. The second-order valence-corrected chi connectivity index (χ2v) is 11.1. The normalized spacial score (nSPS) is 17.4. The Balaban J connectivity index is 5.12. The van der Waals surface area contributed by atoms with Gasteiger partial charge in [0.15, 0.2) is 0 Å². The van der Waals surface area contributed by atoms with Crippen LogP contribution in [0.2, 0.25) is 4.73 Å². The van der Waals surface area contributed by atoms with E-state index < -0.39 is 16.5 Å². The zero-order chi connectivity index (χ0) is 11.3. The van der Waals surface area contributed by atoms with E-state index in [2.05, 4.69) is 0 Å². The molecular weight excluding hydrogens is 220 g/mol. The molecule has 5 nitrogen and oxygen atoms in total. The van der Waals surface area contributed by atoms with Crippen molar-refractivity contribution >= 4 is 0 Å². The maximum atomic E-state index is 6.06. The van der Waals surface area contributed by atoms with Crippen LogP contribution in [-0.4, -0.2) is 32.2 Å². The van der Waals surface area contributed by atoms with Gasteiger partial charge in [-0.05, 0) is 0 Å². The number of nitrogens with two attached hydrogens (primary N) is 2. The Hall–Kier alpha value is 0.514. The quantitative estimate of drug-likeness (QED) is 0.634. The van der Waals surface area contributed by atoms with Crippen LogP contribution in [0, 0.1) is 0 Å². The first-order chi connectivity index (χ1) is 6.54. The van der Waals surface area contributed by atoms with Gasteiger partial charge in [0.05, 0.1) is 0 Å². The van der Waals surface area contributed by atoms with Crippen molar-refractivity contribution < 1.29 is 26.4 Å². The van der Waals surface area contributed by atoms with Crippen molar-refractivity contribution in [2.75, 3.05) is 27.9 Å². The Kier molecular flexibility index (Phi) is 5.76. The van der Waals surface area contributed by atoms with Crippen LogP contribution in [-0.2, 0) is 26.4 Å². The fourth-order valence-corrected chi connectivity index (χ4v) is 7.63. The van der Waals surface area contributed by atoms with Crippen LogP contribution in [0.4, 0.5) is 0 Å². The van der Waals surface area contributed by atoms with Gasteiger partial charge in [-0.25, -0.2) is 0 Å². The summed E-state index contributed by atoms with van der Waals surface area (Å²) >= 11 is -3.94. The van der Waals surface area contributed by atoms with Gasteiger partial charge in [-0.3, -0.25) is 0 Å². The number of hydrogen-bond donors (Lipinski definition) is 2. The van der Waals surface area contributed by atoms with Gasteiger partial charge in [-0.2, -0.15) is 0 Å². The molecule has 0 aromatic heterocycles. The average molecular weight is 243 g/mol. The van der Waals surface area contributed by atoms with Gasteiger partial charge in [0, 0.05) is 0 Å². The van der Waals surface area contributed by atoms with Crippen LogP contribution in [0.25, 0.3) is 0 Å². The summed E-state index contributed by atoms with van der Waals surface area (Å²) in [6.45, 7) is 2.45. The molecule has 0 aromatic rings. The molecular formula is C8H23N2O3Ti. The summed E-state index contributed by atoms with van der Waals surface area (Å²) < 4.78 is 17.1. The summed E-state index contributed by atoms with van der Waals surface area (Å²) in [5.74, 6) is 0. The van der Waals surface area contributed by atoms with E-state index >= 15 is 0 Å². The van der Waals surface area contributed by atoms with Crippen molar-refractivity contribution in [2.24, 2.45) is 11.5 Å². The first-order valence-corrected chi connectivity index (χ1v) is 8.75. The van der Waals surface area contributed by atoms with Crippen LogP contribution in [0.3, 0.4) is 0 Å². The van der Waals surface area contributed by atoms with Crippen LogP contribution in [0.5, 0.6) is 0 Å². The third-order valence-corrected chi connectivity index (χ3v) is 11.8.